The topological polar surface area (TPSA) is 151 Å². The molecular weight excluding hydrogens is 687 g/mol. The van der Waals surface area contributed by atoms with Crippen LogP contribution in [0.5, 0.6) is 0 Å². The summed E-state index contributed by atoms with van der Waals surface area (Å²) in [5.74, 6) is -0.460. The van der Waals surface area contributed by atoms with Gasteiger partial charge < -0.3 is 26.2 Å². The molecule has 9 nitrogen and oxygen atoms in total. The molecule has 0 fully saturated rings. The molecule has 0 rings (SSSR count). The summed E-state index contributed by atoms with van der Waals surface area (Å²) in [5, 5.41) is 24.0. The van der Waals surface area contributed by atoms with E-state index in [0.29, 0.717) is 12.8 Å². The zero-order valence-corrected chi connectivity index (χ0v) is 35.0. The molecule has 0 aromatic carbocycles. The highest BCUT2D eigenvalue weighted by molar-refractivity contribution is 7.47. The smallest absolute Gasteiger partial charge is 0.393 e. The molecule has 0 saturated heterocycles. The number of hydrogen-bond acceptors (Lipinski definition) is 7. The number of unbranched alkanes of at least 4 members (excludes halogenated alkanes) is 22. The maximum absolute atomic E-state index is 12.8. The monoisotopic (exact) mass is 771 g/mol. The Labute approximate surface area is 325 Å². The Morgan fingerprint density at radius 1 is 0.642 bits per heavy atom. The number of nitrogens with two attached hydrogens (primary N) is 1. The molecule has 0 heterocycles. The largest absolute Gasteiger partial charge is 0.472 e. The van der Waals surface area contributed by atoms with Crippen LogP contribution in [0.15, 0.2) is 36.5 Å². The Kier molecular flexibility index (Phi) is 38.0. The van der Waals surface area contributed by atoms with Crippen LogP contribution < -0.4 is 11.1 Å². The van der Waals surface area contributed by atoms with Crippen molar-refractivity contribution in [3.63, 3.8) is 0 Å². The second-order valence-electron chi connectivity index (χ2n) is 14.7. The number of nitrogens with one attached hydrogen (secondary N) is 1. The lowest BCUT2D eigenvalue weighted by atomic mass is 10.0. The van der Waals surface area contributed by atoms with Gasteiger partial charge in [0, 0.05) is 6.54 Å². The summed E-state index contributed by atoms with van der Waals surface area (Å²) >= 11 is 0. The molecule has 4 atom stereocenters. The van der Waals surface area contributed by atoms with E-state index in [1.54, 1.807) is 6.08 Å². The number of amides is 1. The SMILES string of the molecule is CCCCCCCCCC/C=C/CC/C=C/CC/C=C/C(O)C(COP(=O)(O)OCCN)NC(=O)CC(O)CCCCCCCCCCCCCCC. The maximum Gasteiger partial charge on any atom is 0.472 e. The summed E-state index contributed by atoms with van der Waals surface area (Å²) in [6, 6.07) is -1.00. The van der Waals surface area contributed by atoms with Crippen molar-refractivity contribution in [2.75, 3.05) is 19.8 Å². The predicted octanol–water partition coefficient (Wildman–Crippen LogP) is 10.9. The molecule has 53 heavy (non-hydrogen) atoms. The molecule has 0 aliphatic heterocycles. The zero-order valence-electron chi connectivity index (χ0n) is 34.1. The minimum atomic E-state index is -4.41. The van der Waals surface area contributed by atoms with E-state index >= 15 is 0 Å². The molecule has 1 amide bonds. The molecule has 0 aromatic rings. The molecule has 4 unspecified atom stereocenters. The summed E-state index contributed by atoms with van der Waals surface area (Å²) in [7, 11) is -4.41. The van der Waals surface area contributed by atoms with E-state index < -0.39 is 38.6 Å². The lowest BCUT2D eigenvalue weighted by molar-refractivity contribution is -0.124. The van der Waals surface area contributed by atoms with Gasteiger partial charge in [-0.3, -0.25) is 13.8 Å². The molecule has 0 radical (unpaired) electrons. The van der Waals surface area contributed by atoms with Crippen LogP contribution in [0.1, 0.15) is 194 Å². The van der Waals surface area contributed by atoms with Crippen molar-refractivity contribution in [2.24, 2.45) is 5.73 Å². The van der Waals surface area contributed by atoms with E-state index in [2.05, 4.69) is 43.5 Å². The second kappa shape index (κ2) is 38.9. The Balaban J connectivity index is 4.42. The number of allylic oxidation sites excluding steroid dienone is 5. The van der Waals surface area contributed by atoms with E-state index in [0.717, 1.165) is 44.9 Å². The number of phosphoric ester groups is 1. The molecule has 0 aliphatic carbocycles. The van der Waals surface area contributed by atoms with Crippen LogP contribution in [-0.2, 0) is 18.4 Å². The van der Waals surface area contributed by atoms with Crippen LogP contribution in [0.4, 0.5) is 0 Å². The molecular formula is C43H83N2O7P. The quantitative estimate of drug-likeness (QED) is 0.0235. The number of aliphatic hydroxyl groups is 2. The molecule has 0 aliphatic rings. The van der Waals surface area contributed by atoms with E-state index in [1.165, 1.54) is 116 Å². The molecule has 0 bridgehead atoms. The summed E-state index contributed by atoms with van der Waals surface area (Å²) in [4.78, 5) is 22.7. The van der Waals surface area contributed by atoms with Gasteiger partial charge in [-0.05, 0) is 44.9 Å². The van der Waals surface area contributed by atoms with E-state index in [1.807, 2.05) is 6.08 Å². The van der Waals surface area contributed by atoms with Crippen LogP contribution in [0.3, 0.4) is 0 Å². The van der Waals surface area contributed by atoms with Crippen molar-refractivity contribution in [1.82, 2.24) is 5.32 Å². The number of carbonyl (C=O) groups is 1. The molecule has 312 valence electrons. The zero-order chi connectivity index (χ0) is 39.1. The third-order valence-corrected chi connectivity index (χ3v) is 10.5. The Hall–Kier alpha value is -1.32. The highest BCUT2D eigenvalue weighted by atomic mass is 31.2. The summed E-state index contributed by atoms with van der Waals surface area (Å²) in [6.45, 7) is 3.94. The van der Waals surface area contributed by atoms with Gasteiger partial charge in [0.2, 0.25) is 5.91 Å². The number of phosphoric acid groups is 1. The van der Waals surface area contributed by atoms with Crippen LogP contribution in [0.25, 0.3) is 0 Å². The fraction of sp³-hybridized carbons (Fsp3) is 0.837. The maximum atomic E-state index is 12.8. The predicted molar refractivity (Wildman–Crippen MR) is 223 cm³/mol. The van der Waals surface area contributed by atoms with Crippen LogP contribution in [0, 0.1) is 0 Å². The van der Waals surface area contributed by atoms with Crippen LogP contribution >= 0.6 is 7.82 Å². The van der Waals surface area contributed by atoms with E-state index in [9.17, 15) is 24.5 Å². The molecule has 0 saturated carbocycles. The van der Waals surface area contributed by atoms with Crippen molar-refractivity contribution < 1.29 is 33.5 Å². The van der Waals surface area contributed by atoms with Crippen molar-refractivity contribution in [3.8, 4) is 0 Å². The molecule has 10 heteroatoms. The van der Waals surface area contributed by atoms with E-state index in [4.69, 9.17) is 14.8 Å². The Bertz CT molecular complexity index is 946. The Morgan fingerprint density at radius 2 is 1.08 bits per heavy atom. The van der Waals surface area contributed by atoms with Gasteiger partial charge in [0.15, 0.2) is 0 Å². The minimum Gasteiger partial charge on any atom is -0.393 e. The van der Waals surface area contributed by atoms with Gasteiger partial charge in [-0.2, -0.15) is 0 Å². The normalized spacial score (nSPS) is 15.1. The highest BCUT2D eigenvalue weighted by Crippen LogP contribution is 2.43. The lowest BCUT2D eigenvalue weighted by Gasteiger charge is -2.24. The third-order valence-electron chi connectivity index (χ3n) is 9.50. The van der Waals surface area contributed by atoms with Gasteiger partial charge in [-0.25, -0.2) is 4.57 Å². The number of rotatable bonds is 40. The third kappa shape index (κ3) is 37.4. The van der Waals surface area contributed by atoms with Gasteiger partial charge in [0.05, 0.1) is 37.9 Å². The van der Waals surface area contributed by atoms with Crippen molar-refractivity contribution in [3.05, 3.63) is 36.5 Å². The standard InChI is InChI=1S/C43H83N2O7P/c1-3-5-7-9-11-13-15-17-18-19-20-21-23-25-27-29-31-33-35-42(47)41(39-52-53(49,50)51-37-36-44)45-43(48)38-40(46)34-32-30-28-26-24-22-16-14-12-10-8-6-4-2/h19-20,25,27,33,35,40-42,46-47H,3-18,21-24,26,28-32,34,36-39,44H2,1-2H3,(H,45,48)(H,49,50)/b20-19+,27-25+,35-33+. The van der Waals surface area contributed by atoms with Crippen molar-refractivity contribution in [2.45, 2.75) is 212 Å². The van der Waals surface area contributed by atoms with Crippen LogP contribution in [0.2, 0.25) is 0 Å². The average Bonchev–Trinajstić information content (AvgIpc) is 3.13. The number of aliphatic hydroxyl groups excluding tert-OH is 2. The summed E-state index contributed by atoms with van der Waals surface area (Å²) in [6.07, 6.45) is 42.3. The van der Waals surface area contributed by atoms with Crippen molar-refractivity contribution in [1.29, 1.82) is 0 Å². The number of hydrogen-bond donors (Lipinski definition) is 5. The fourth-order valence-corrected chi connectivity index (χ4v) is 6.97. The molecule has 0 spiro atoms. The Morgan fingerprint density at radius 3 is 1.57 bits per heavy atom. The van der Waals surface area contributed by atoms with Gasteiger partial charge in [0.1, 0.15) is 0 Å². The summed E-state index contributed by atoms with van der Waals surface area (Å²) < 4.78 is 22.0. The summed E-state index contributed by atoms with van der Waals surface area (Å²) in [5.41, 5.74) is 5.36. The average molecular weight is 771 g/mol. The first-order chi connectivity index (χ1) is 25.8. The highest BCUT2D eigenvalue weighted by Gasteiger charge is 2.27. The molecule has 6 N–H and O–H groups in total. The van der Waals surface area contributed by atoms with Gasteiger partial charge >= 0.3 is 7.82 Å². The minimum absolute atomic E-state index is 0.0427. The van der Waals surface area contributed by atoms with Crippen LogP contribution in [-0.4, -0.2) is 59.0 Å². The first-order valence-corrected chi connectivity index (χ1v) is 23.2. The van der Waals surface area contributed by atoms with Gasteiger partial charge in [-0.1, -0.05) is 179 Å². The van der Waals surface area contributed by atoms with Gasteiger partial charge in [-0.15, -0.1) is 0 Å². The number of carbonyl (C=O) groups excluding carboxylic acids is 1. The lowest BCUT2D eigenvalue weighted by Crippen LogP contribution is -2.46. The second-order valence-corrected chi connectivity index (χ2v) is 16.2. The first-order valence-electron chi connectivity index (χ1n) is 21.7. The molecule has 0 aromatic heterocycles. The van der Waals surface area contributed by atoms with Gasteiger partial charge in [0.25, 0.3) is 0 Å². The van der Waals surface area contributed by atoms with Crippen molar-refractivity contribution >= 4 is 13.7 Å². The van der Waals surface area contributed by atoms with E-state index in [-0.39, 0.29) is 19.6 Å². The first kappa shape index (κ1) is 51.7. The fourth-order valence-electron chi connectivity index (χ4n) is 6.21.